The van der Waals surface area contributed by atoms with Gasteiger partial charge in [-0.2, -0.15) is 0 Å². The summed E-state index contributed by atoms with van der Waals surface area (Å²) < 4.78 is 14.3. The molecule has 5 heteroatoms. The summed E-state index contributed by atoms with van der Waals surface area (Å²) in [6, 6.07) is 4.95. The molecule has 0 radical (unpaired) electrons. The number of carbonyl (C=O) groups is 1. The van der Waals surface area contributed by atoms with Gasteiger partial charge in [0.15, 0.2) is 0 Å². The Morgan fingerprint density at radius 3 is 2.74 bits per heavy atom. The van der Waals surface area contributed by atoms with Gasteiger partial charge in [0.25, 0.3) is 0 Å². The van der Waals surface area contributed by atoms with Crippen molar-refractivity contribution in [1.82, 2.24) is 5.32 Å². The maximum Gasteiger partial charge on any atom is 0.223 e. The Hall–Kier alpha value is -0.940. The third kappa shape index (κ3) is 4.01. The van der Waals surface area contributed by atoms with Gasteiger partial charge >= 0.3 is 0 Å². The first-order chi connectivity index (χ1) is 9.06. The van der Waals surface area contributed by atoms with Crippen molar-refractivity contribution in [2.45, 2.75) is 38.3 Å². The van der Waals surface area contributed by atoms with Gasteiger partial charge in [-0.05, 0) is 43.9 Å². The first-order valence-electron chi connectivity index (χ1n) is 6.53. The Labute approximate surface area is 120 Å². The first kappa shape index (κ1) is 14.5. The molecular weight excluding hydrogens is 311 g/mol. The van der Waals surface area contributed by atoms with E-state index in [4.69, 9.17) is 5.73 Å². The second kappa shape index (κ2) is 6.48. The molecule has 2 rings (SSSR count). The van der Waals surface area contributed by atoms with E-state index in [0.29, 0.717) is 5.56 Å². The second-order valence-corrected chi connectivity index (χ2v) is 5.98. The van der Waals surface area contributed by atoms with Crippen LogP contribution in [0, 0.1) is 11.7 Å². The molecule has 0 aliphatic heterocycles. The number of hydrogen-bond acceptors (Lipinski definition) is 2. The lowest BCUT2D eigenvalue weighted by Gasteiger charge is -2.25. The molecular formula is C14H18BrFN2O. The molecule has 0 heterocycles. The van der Waals surface area contributed by atoms with Crippen LogP contribution in [-0.2, 0) is 11.3 Å². The molecule has 0 bridgehead atoms. The SMILES string of the molecule is NC1CCC(C(=O)NCc2cc(Br)ccc2F)CC1. The summed E-state index contributed by atoms with van der Waals surface area (Å²) >= 11 is 3.29. The van der Waals surface area contributed by atoms with E-state index >= 15 is 0 Å². The van der Waals surface area contributed by atoms with Gasteiger partial charge in [0, 0.05) is 28.5 Å². The van der Waals surface area contributed by atoms with Gasteiger partial charge in [-0.15, -0.1) is 0 Å². The number of hydrogen-bond donors (Lipinski definition) is 2. The van der Waals surface area contributed by atoms with Crippen molar-refractivity contribution in [3.05, 3.63) is 34.1 Å². The van der Waals surface area contributed by atoms with Crippen LogP contribution in [0.15, 0.2) is 22.7 Å². The first-order valence-corrected chi connectivity index (χ1v) is 7.33. The van der Waals surface area contributed by atoms with Crippen LogP contribution in [0.5, 0.6) is 0 Å². The molecule has 0 saturated heterocycles. The van der Waals surface area contributed by atoms with Crippen LogP contribution in [0.2, 0.25) is 0 Å². The molecule has 0 atom stereocenters. The lowest BCUT2D eigenvalue weighted by Crippen LogP contribution is -2.36. The number of rotatable bonds is 3. The minimum absolute atomic E-state index is 0.00581. The minimum atomic E-state index is -0.297. The standard InChI is InChI=1S/C14H18BrFN2O/c15-11-3-6-13(16)10(7-11)8-18-14(19)9-1-4-12(17)5-2-9/h3,6-7,9,12H,1-2,4-5,8,17H2,(H,18,19). The highest BCUT2D eigenvalue weighted by Gasteiger charge is 2.24. The predicted molar refractivity (Wildman–Crippen MR) is 75.9 cm³/mol. The molecule has 0 unspecified atom stereocenters. The largest absolute Gasteiger partial charge is 0.352 e. The Kier molecular flexibility index (Phi) is 4.93. The summed E-state index contributed by atoms with van der Waals surface area (Å²) in [5.41, 5.74) is 6.31. The number of nitrogens with two attached hydrogens (primary N) is 1. The molecule has 1 aromatic rings. The lowest BCUT2D eigenvalue weighted by atomic mass is 9.86. The van der Waals surface area contributed by atoms with E-state index in [-0.39, 0.29) is 30.2 Å². The van der Waals surface area contributed by atoms with Crippen LogP contribution < -0.4 is 11.1 Å². The maximum atomic E-state index is 13.5. The van der Waals surface area contributed by atoms with Crippen LogP contribution in [0.4, 0.5) is 4.39 Å². The zero-order chi connectivity index (χ0) is 13.8. The fourth-order valence-electron chi connectivity index (χ4n) is 2.39. The Morgan fingerprint density at radius 1 is 1.37 bits per heavy atom. The molecule has 104 valence electrons. The number of carbonyl (C=O) groups excluding carboxylic acids is 1. The van der Waals surface area contributed by atoms with Crippen LogP contribution >= 0.6 is 15.9 Å². The fourth-order valence-corrected chi connectivity index (χ4v) is 2.80. The monoisotopic (exact) mass is 328 g/mol. The van der Waals surface area contributed by atoms with Crippen molar-refractivity contribution in [2.24, 2.45) is 11.7 Å². The zero-order valence-corrected chi connectivity index (χ0v) is 12.2. The van der Waals surface area contributed by atoms with E-state index in [1.54, 1.807) is 12.1 Å². The van der Waals surface area contributed by atoms with Crippen LogP contribution in [0.25, 0.3) is 0 Å². The normalized spacial score (nSPS) is 23.1. The topological polar surface area (TPSA) is 55.1 Å². The average Bonchev–Trinajstić information content (AvgIpc) is 2.40. The van der Waals surface area contributed by atoms with Crippen molar-refractivity contribution >= 4 is 21.8 Å². The van der Waals surface area contributed by atoms with Gasteiger partial charge in [0.2, 0.25) is 5.91 Å². The van der Waals surface area contributed by atoms with Crippen molar-refractivity contribution < 1.29 is 9.18 Å². The van der Waals surface area contributed by atoms with Crippen LogP contribution in [0.3, 0.4) is 0 Å². The molecule has 19 heavy (non-hydrogen) atoms. The Balaban J connectivity index is 1.88. The van der Waals surface area contributed by atoms with Gasteiger partial charge < -0.3 is 11.1 Å². The maximum absolute atomic E-state index is 13.5. The van der Waals surface area contributed by atoms with Gasteiger partial charge in [0.05, 0.1) is 0 Å². The molecule has 0 aromatic heterocycles. The molecule has 1 saturated carbocycles. The molecule has 1 amide bonds. The number of halogens is 2. The van der Waals surface area contributed by atoms with Gasteiger partial charge in [-0.25, -0.2) is 4.39 Å². The van der Waals surface area contributed by atoms with E-state index in [1.165, 1.54) is 6.07 Å². The van der Waals surface area contributed by atoms with E-state index in [2.05, 4.69) is 21.2 Å². The molecule has 3 nitrogen and oxygen atoms in total. The third-order valence-corrected chi connectivity index (χ3v) is 4.10. The minimum Gasteiger partial charge on any atom is -0.352 e. The number of amides is 1. The summed E-state index contributed by atoms with van der Waals surface area (Å²) in [5.74, 6) is -0.268. The summed E-state index contributed by atoms with van der Waals surface area (Å²) in [4.78, 5) is 12.0. The summed E-state index contributed by atoms with van der Waals surface area (Å²) in [6.45, 7) is 0.229. The number of nitrogens with one attached hydrogen (secondary N) is 1. The van der Waals surface area contributed by atoms with Gasteiger partial charge in [-0.3, -0.25) is 4.79 Å². The summed E-state index contributed by atoms with van der Waals surface area (Å²) in [6.07, 6.45) is 3.44. The molecule has 1 fully saturated rings. The third-order valence-electron chi connectivity index (χ3n) is 3.60. The van der Waals surface area contributed by atoms with Gasteiger partial charge in [-0.1, -0.05) is 15.9 Å². The van der Waals surface area contributed by atoms with E-state index < -0.39 is 0 Å². The van der Waals surface area contributed by atoms with E-state index in [0.717, 1.165) is 30.2 Å². The smallest absolute Gasteiger partial charge is 0.223 e. The van der Waals surface area contributed by atoms with Crippen LogP contribution in [0.1, 0.15) is 31.2 Å². The molecule has 1 aromatic carbocycles. The zero-order valence-electron chi connectivity index (χ0n) is 10.7. The highest BCUT2D eigenvalue weighted by atomic mass is 79.9. The van der Waals surface area contributed by atoms with E-state index in [9.17, 15) is 9.18 Å². The van der Waals surface area contributed by atoms with Gasteiger partial charge in [0.1, 0.15) is 5.82 Å². The molecule has 1 aliphatic carbocycles. The Bertz CT molecular complexity index is 459. The highest BCUT2D eigenvalue weighted by Crippen LogP contribution is 2.23. The van der Waals surface area contributed by atoms with Crippen LogP contribution in [-0.4, -0.2) is 11.9 Å². The second-order valence-electron chi connectivity index (χ2n) is 5.07. The molecule has 1 aliphatic rings. The number of benzene rings is 1. The fraction of sp³-hybridized carbons (Fsp3) is 0.500. The highest BCUT2D eigenvalue weighted by molar-refractivity contribution is 9.10. The predicted octanol–water partition coefficient (Wildman–Crippen LogP) is 2.72. The molecule has 0 spiro atoms. The summed E-state index contributed by atoms with van der Waals surface area (Å²) in [7, 11) is 0. The quantitative estimate of drug-likeness (QED) is 0.896. The van der Waals surface area contributed by atoms with Crippen molar-refractivity contribution in [2.75, 3.05) is 0 Å². The van der Waals surface area contributed by atoms with Crippen molar-refractivity contribution in [1.29, 1.82) is 0 Å². The lowest BCUT2D eigenvalue weighted by molar-refractivity contribution is -0.126. The van der Waals surface area contributed by atoms with Crippen molar-refractivity contribution in [3.63, 3.8) is 0 Å². The average molecular weight is 329 g/mol. The van der Waals surface area contributed by atoms with E-state index in [1.807, 2.05) is 0 Å². The summed E-state index contributed by atoms with van der Waals surface area (Å²) in [5, 5.41) is 2.81. The van der Waals surface area contributed by atoms with Crippen molar-refractivity contribution in [3.8, 4) is 0 Å². The molecule has 3 N–H and O–H groups in total. The Morgan fingerprint density at radius 2 is 2.05 bits per heavy atom.